The van der Waals surface area contributed by atoms with E-state index in [0.717, 1.165) is 31.2 Å². The smallest absolute Gasteiger partial charge is 0.0669 e. The zero-order chi connectivity index (χ0) is 14.7. The van der Waals surface area contributed by atoms with Crippen LogP contribution in [0.3, 0.4) is 0 Å². The Hall–Kier alpha value is -0.830. The number of nitrogens with zero attached hydrogens (tertiary/aromatic N) is 2. The van der Waals surface area contributed by atoms with E-state index in [0.29, 0.717) is 6.04 Å². The van der Waals surface area contributed by atoms with Gasteiger partial charge >= 0.3 is 0 Å². The van der Waals surface area contributed by atoms with E-state index in [1.54, 1.807) is 0 Å². The molecular formula is C17H31N3. The molecule has 0 saturated heterocycles. The van der Waals surface area contributed by atoms with E-state index in [4.69, 9.17) is 5.10 Å². The van der Waals surface area contributed by atoms with E-state index in [2.05, 4.69) is 37.7 Å². The molecule has 114 valence electrons. The molecule has 1 saturated carbocycles. The molecule has 20 heavy (non-hydrogen) atoms. The zero-order valence-corrected chi connectivity index (χ0v) is 13.9. The quantitative estimate of drug-likeness (QED) is 0.889. The number of nitrogens with one attached hydrogen (secondary N) is 1. The van der Waals surface area contributed by atoms with E-state index >= 15 is 0 Å². The molecule has 3 heteroatoms. The lowest BCUT2D eigenvalue weighted by molar-refractivity contribution is 0.206. The molecule has 3 nitrogen and oxygen atoms in total. The number of rotatable bonds is 5. The predicted octanol–water partition coefficient (Wildman–Crippen LogP) is 3.72. The minimum atomic E-state index is 0.611. The lowest BCUT2D eigenvalue weighted by atomic mass is 9.80. The van der Waals surface area contributed by atoms with Crippen LogP contribution in [0.5, 0.6) is 0 Å². The molecule has 1 aliphatic carbocycles. The van der Waals surface area contributed by atoms with Crippen LogP contribution in [-0.4, -0.2) is 16.8 Å². The maximum atomic E-state index is 4.99. The first-order valence-corrected chi connectivity index (χ1v) is 8.34. The second kappa shape index (κ2) is 6.75. The molecule has 1 fully saturated rings. The van der Waals surface area contributed by atoms with E-state index in [1.807, 2.05) is 7.05 Å². The van der Waals surface area contributed by atoms with Crippen molar-refractivity contribution in [3.05, 3.63) is 17.0 Å². The Morgan fingerprint density at radius 1 is 1.10 bits per heavy atom. The Morgan fingerprint density at radius 3 is 2.25 bits per heavy atom. The maximum absolute atomic E-state index is 4.99. The van der Waals surface area contributed by atoms with E-state index in [9.17, 15) is 0 Å². The fourth-order valence-electron chi connectivity index (χ4n) is 4.00. The van der Waals surface area contributed by atoms with Crippen LogP contribution in [0.1, 0.15) is 70.0 Å². The van der Waals surface area contributed by atoms with Crippen molar-refractivity contribution < 1.29 is 0 Å². The minimum absolute atomic E-state index is 0.611. The van der Waals surface area contributed by atoms with Gasteiger partial charge in [0.25, 0.3) is 0 Å². The normalized spacial score (nSPS) is 26.9. The summed E-state index contributed by atoms with van der Waals surface area (Å²) in [6, 6.07) is 0.611. The fourth-order valence-corrected chi connectivity index (χ4v) is 4.00. The summed E-state index contributed by atoms with van der Waals surface area (Å²) in [6.07, 6.45) is 6.09. The van der Waals surface area contributed by atoms with Gasteiger partial charge in [0.15, 0.2) is 0 Å². The van der Waals surface area contributed by atoms with Crippen LogP contribution in [0.4, 0.5) is 0 Å². The molecule has 0 aromatic carbocycles. The Kier molecular flexibility index (Phi) is 5.25. The van der Waals surface area contributed by atoms with Gasteiger partial charge < -0.3 is 5.32 Å². The van der Waals surface area contributed by atoms with Crippen molar-refractivity contribution >= 4 is 0 Å². The predicted molar refractivity (Wildman–Crippen MR) is 85.0 cm³/mol. The molecular weight excluding hydrogens is 246 g/mol. The summed E-state index contributed by atoms with van der Waals surface area (Å²) >= 11 is 0. The number of hydrogen-bond acceptors (Lipinski definition) is 2. The van der Waals surface area contributed by atoms with Gasteiger partial charge in [0, 0.05) is 17.8 Å². The summed E-state index contributed by atoms with van der Waals surface area (Å²) in [5.41, 5.74) is 4.20. The van der Waals surface area contributed by atoms with Gasteiger partial charge in [-0.25, -0.2) is 0 Å². The highest BCUT2D eigenvalue weighted by molar-refractivity contribution is 5.27. The first kappa shape index (κ1) is 15.6. The molecule has 1 heterocycles. The first-order valence-electron chi connectivity index (χ1n) is 8.34. The molecule has 0 spiro atoms. The topological polar surface area (TPSA) is 29.9 Å². The molecule has 1 N–H and O–H groups in total. The number of aryl methyl sites for hydroxylation is 1. The highest BCUT2D eigenvalue weighted by Gasteiger charge is 2.28. The van der Waals surface area contributed by atoms with Crippen LogP contribution in [0.15, 0.2) is 0 Å². The van der Waals surface area contributed by atoms with Crippen LogP contribution < -0.4 is 5.32 Å². The summed E-state index contributed by atoms with van der Waals surface area (Å²) in [6.45, 7) is 10.2. The minimum Gasteiger partial charge on any atom is -0.316 e. The van der Waals surface area contributed by atoms with Crippen molar-refractivity contribution in [2.45, 2.75) is 72.4 Å². The summed E-state index contributed by atoms with van der Waals surface area (Å²) < 4.78 is 2.39. The van der Waals surface area contributed by atoms with Gasteiger partial charge in [-0.15, -0.1) is 0 Å². The fraction of sp³-hybridized carbons (Fsp3) is 0.824. The highest BCUT2D eigenvalue weighted by atomic mass is 15.3. The van der Waals surface area contributed by atoms with Crippen molar-refractivity contribution in [3.8, 4) is 0 Å². The summed E-state index contributed by atoms with van der Waals surface area (Å²) in [5, 5.41) is 8.30. The molecule has 0 bridgehead atoms. The van der Waals surface area contributed by atoms with Crippen molar-refractivity contribution in [1.29, 1.82) is 0 Å². The van der Waals surface area contributed by atoms with Crippen molar-refractivity contribution in [2.75, 3.05) is 7.05 Å². The molecule has 0 aliphatic heterocycles. The maximum Gasteiger partial charge on any atom is 0.0669 e. The second-order valence-electron chi connectivity index (χ2n) is 6.63. The molecule has 0 radical (unpaired) electrons. The van der Waals surface area contributed by atoms with Crippen molar-refractivity contribution in [3.63, 3.8) is 0 Å². The van der Waals surface area contributed by atoms with Gasteiger partial charge in [0.1, 0.15) is 0 Å². The van der Waals surface area contributed by atoms with Crippen LogP contribution in [0.25, 0.3) is 0 Å². The van der Waals surface area contributed by atoms with Gasteiger partial charge in [-0.2, -0.15) is 5.10 Å². The first-order chi connectivity index (χ1) is 9.60. The molecule has 1 aliphatic rings. The monoisotopic (exact) mass is 277 g/mol. The summed E-state index contributed by atoms with van der Waals surface area (Å²) in [4.78, 5) is 0. The zero-order valence-electron chi connectivity index (χ0n) is 13.9. The van der Waals surface area contributed by atoms with Gasteiger partial charge in [-0.1, -0.05) is 27.7 Å². The third-order valence-corrected chi connectivity index (χ3v) is 4.72. The Labute approximate surface area is 124 Å². The number of hydrogen-bond donors (Lipinski definition) is 1. The third-order valence-electron chi connectivity index (χ3n) is 4.72. The summed E-state index contributed by atoms with van der Waals surface area (Å²) in [5.74, 6) is 1.66. The van der Waals surface area contributed by atoms with Crippen molar-refractivity contribution in [1.82, 2.24) is 15.1 Å². The van der Waals surface area contributed by atoms with Crippen LogP contribution >= 0.6 is 0 Å². The SMILES string of the molecule is CCc1nn(C2CC(C)CC(C)C2)c(CC)c1CNC. The van der Waals surface area contributed by atoms with Crippen molar-refractivity contribution in [2.24, 2.45) is 11.8 Å². The average molecular weight is 277 g/mol. The Bertz CT molecular complexity index is 426. The van der Waals surface area contributed by atoms with Crippen LogP contribution in [-0.2, 0) is 19.4 Å². The lowest BCUT2D eigenvalue weighted by Gasteiger charge is -2.32. The molecule has 0 amide bonds. The molecule has 2 rings (SSSR count). The van der Waals surface area contributed by atoms with Gasteiger partial charge in [-0.05, 0) is 51.0 Å². The number of aromatic nitrogens is 2. The van der Waals surface area contributed by atoms with E-state index < -0.39 is 0 Å². The average Bonchev–Trinajstić information content (AvgIpc) is 2.76. The third kappa shape index (κ3) is 3.08. The van der Waals surface area contributed by atoms with Gasteiger partial charge in [0.05, 0.1) is 11.7 Å². The lowest BCUT2D eigenvalue weighted by Crippen LogP contribution is -2.25. The molecule has 1 aromatic heterocycles. The molecule has 1 aromatic rings. The van der Waals surface area contributed by atoms with E-state index in [1.165, 1.54) is 36.2 Å². The largest absolute Gasteiger partial charge is 0.316 e. The van der Waals surface area contributed by atoms with Crippen LogP contribution in [0.2, 0.25) is 0 Å². The Balaban J connectivity index is 2.35. The van der Waals surface area contributed by atoms with Gasteiger partial charge in [0.2, 0.25) is 0 Å². The Morgan fingerprint density at radius 2 is 1.75 bits per heavy atom. The van der Waals surface area contributed by atoms with Gasteiger partial charge in [-0.3, -0.25) is 4.68 Å². The molecule has 2 atom stereocenters. The molecule has 2 unspecified atom stereocenters. The summed E-state index contributed by atoms with van der Waals surface area (Å²) in [7, 11) is 2.03. The highest BCUT2D eigenvalue weighted by Crippen LogP contribution is 2.37. The standard InChI is InChI=1S/C17H31N3/c1-6-16-15(11-18-5)17(7-2)20(19-16)14-9-12(3)8-13(4)10-14/h12-14,18H,6-11H2,1-5H3. The van der Waals surface area contributed by atoms with E-state index in [-0.39, 0.29) is 0 Å². The van der Waals surface area contributed by atoms with Crippen LogP contribution in [0, 0.1) is 11.8 Å². The second-order valence-corrected chi connectivity index (χ2v) is 6.63.